The standard InChI is InChI=1S/C9H10N2O3/c10-8-5-14-4-7-6(8)2-1-3-9(7)11(12)13/h1-3,8H,4-5,10H2/t8-/m1/s1. The van der Waals surface area contributed by atoms with Gasteiger partial charge < -0.3 is 10.5 Å². The van der Waals surface area contributed by atoms with Gasteiger partial charge >= 0.3 is 0 Å². The number of hydrogen-bond acceptors (Lipinski definition) is 4. The van der Waals surface area contributed by atoms with Crippen LogP contribution in [0.2, 0.25) is 0 Å². The second-order valence-electron chi connectivity index (χ2n) is 3.22. The first-order valence-electron chi connectivity index (χ1n) is 4.29. The van der Waals surface area contributed by atoms with E-state index in [0.29, 0.717) is 12.2 Å². The number of ether oxygens (including phenoxy) is 1. The summed E-state index contributed by atoms with van der Waals surface area (Å²) in [4.78, 5) is 10.3. The number of nitro benzene ring substituents is 1. The molecule has 5 nitrogen and oxygen atoms in total. The van der Waals surface area contributed by atoms with Crippen molar-refractivity contribution in [2.75, 3.05) is 6.61 Å². The van der Waals surface area contributed by atoms with E-state index >= 15 is 0 Å². The molecule has 0 bridgehead atoms. The van der Waals surface area contributed by atoms with Gasteiger partial charge in [-0.05, 0) is 5.56 Å². The molecule has 14 heavy (non-hydrogen) atoms. The zero-order chi connectivity index (χ0) is 10.1. The Morgan fingerprint density at radius 1 is 1.57 bits per heavy atom. The summed E-state index contributed by atoms with van der Waals surface area (Å²) in [6.45, 7) is 0.703. The minimum atomic E-state index is -0.403. The molecular weight excluding hydrogens is 184 g/mol. The van der Waals surface area contributed by atoms with Gasteiger partial charge in [0.2, 0.25) is 0 Å². The summed E-state index contributed by atoms with van der Waals surface area (Å²) in [5.74, 6) is 0. The Labute approximate surface area is 80.6 Å². The molecule has 1 aromatic carbocycles. The average Bonchev–Trinajstić information content (AvgIpc) is 2.17. The normalized spacial score (nSPS) is 20.2. The van der Waals surface area contributed by atoms with Gasteiger partial charge in [0.15, 0.2) is 0 Å². The van der Waals surface area contributed by atoms with Gasteiger partial charge in [0.25, 0.3) is 5.69 Å². The molecule has 0 saturated heterocycles. The van der Waals surface area contributed by atoms with Crippen LogP contribution in [0.4, 0.5) is 5.69 Å². The fourth-order valence-electron chi connectivity index (χ4n) is 1.65. The molecule has 2 rings (SSSR count). The fraction of sp³-hybridized carbons (Fsp3) is 0.333. The van der Waals surface area contributed by atoms with Crippen LogP contribution < -0.4 is 5.73 Å². The van der Waals surface area contributed by atoms with Crippen molar-refractivity contribution in [3.05, 3.63) is 39.4 Å². The Morgan fingerprint density at radius 2 is 2.36 bits per heavy atom. The van der Waals surface area contributed by atoms with Crippen molar-refractivity contribution in [1.82, 2.24) is 0 Å². The molecule has 0 saturated carbocycles. The van der Waals surface area contributed by atoms with Crippen LogP contribution in [0, 0.1) is 10.1 Å². The van der Waals surface area contributed by atoms with Gasteiger partial charge in [-0.15, -0.1) is 0 Å². The van der Waals surface area contributed by atoms with Gasteiger partial charge in [-0.2, -0.15) is 0 Å². The second-order valence-corrected chi connectivity index (χ2v) is 3.22. The number of fused-ring (bicyclic) bond motifs is 1. The molecule has 2 N–H and O–H groups in total. The van der Waals surface area contributed by atoms with Crippen molar-refractivity contribution in [3.63, 3.8) is 0 Å². The van der Waals surface area contributed by atoms with Crippen LogP contribution in [-0.4, -0.2) is 11.5 Å². The fourth-order valence-corrected chi connectivity index (χ4v) is 1.65. The molecule has 1 aliphatic rings. The Morgan fingerprint density at radius 3 is 3.07 bits per heavy atom. The zero-order valence-electron chi connectivity index (χ0n) is 7.47. The Hall–Kier alpha value is -1.46. The molecule has 1 heterocycles. The van der Waals surface area contributed by atoms with Gasteiger partial charge in [-0.25, -0.2) is 0 Å². The van der Waals surface area contributed by atoms with E-state index in [0.717, 1.165) is 5.56 Å². The van der Waals surface area contributed by atoms with Crippen LogP contribution in [0.1, 0.15) is 17.2 Å². The lowest BCUT2D eigenvalue weighted by Crippen LogP contribution is -2.24. The van der Waals surface area contributed by atoms with Crippen LogP contribution in [0.25, 0.3) is 0 Å². The third kappa shape index (κ3) is 1.36. The maximum atomic E-state index is 10.7. The molecule has 0 aromatic heterocycles. The van der Waals surface area contributed by atoms with Crippen molar-refractivity contribution in [1.29, 1.82) is 0 Å². The largest absolute Gasteiger partial charge is 0.375 e. The molecule has 74 valence electrons. The van der Waals surface area contributed by atoms with E-state index in [9.17, 15) is 10.1 Å². The van der Waals surface area contributed by atoms with Gasteiger partial charge in [-0.1, -0.05) is 12.1 Å². The minimum Gasteiger partial charge on any atom is -0.375 e. The lowest BCUT2D eigenvalue weighted by atomic mass is 9.98. The third-order valence-corrected chi connectivity index (χ3v) is 2.33. The summed E-state index contributed by atoms with van der Waals surface area (Å²) < 4.78 is 5.17. The van der Waals surface area contributed by atoms with Crippen molar-refractivity contribution < 1.29 is 9.66 Å². The molecule has 0 fully saturated rings. The van der Waals surface area contributed by atoms with E-state index in [4.69, 9.17) is 10.5 Å². The van der Waals surface area contributed by atoms with E-state index in [-0.39, 0.29) is 18.3 Å². The number of hydrogen-bond donors (Lipinski definition) is 1. The Bertz CT molecular complexity index is 378. The van der Waals surface area contributed by atoms with Crippen LogP contribution in [-0.2, 0) is 11.3 Å². The maximum Gasteiger partial charge on any atom is 0.275 e. The van der Waals surface area contributed by atoms with Crippen molar-refractivity contribution in [2.24, 2.45) is 5.73 Å². The monoisotopic (exact) mass is 194 g/mol. The molecule has 0 amide bonds. The molecule has 1 aliphatic heterocycles. The second kappa shape index (κ2) is 3.36. The van der Waals surface area contributed by atoms with Gasteiger partial charge in [0.05, 0.1) is 29.7 Å². The van der Waals surface area contributed by atoms with E-state index in [2.05, 4.69) is 0 Å². The van der Waals surface area contributed by atoms with Crippen LogP contribution in [0.15, 0.2) is 18.2 Å². The zero-order valence-corrected chi connectivity index (χ0v) is 7.47. The molecule has 5 heteroatoms. The van der Waals surface area contributed by atoms with E-state index in [1.54, 1.807) is 6.07 Å². The molecule has 0 spiro atoms. The summed E-state index contributed by atoms with van der Waals surface area (Å²) in [5, 5.41) is 10.7. The predicted octanol–water partition coefficient (Wildman–Crippen LogP) is 1.12. The quantitative estimate of drug-likeness (QED) is 0.536. The predicted molar refractivity (Wildman–Crippen MR) is 49.7 cm³/mol. The molecule has 0 unspecified atom stereocenters. The first-order valence-corrected chi connectivity index (χ1v) is 4.29. The van der Waals surface area contributed by atoms with Gasteiger partial charge in [0.1, 0.15) is 0 Å². The molecule has 0 aliphatic carbocycles. The number of benzene rings is 1. The minimum absolute atomic E-state index is 0.0950. The van der Waals surface area contributed by atoms with E-state index in [1.807, 2.05) is 6.07 Å². The van der Waals surface area contributed by atoms with E-state index in [1.165, 1.54) is 6.07 Å². The Kier molecular flexibility index (Phi) is 2.18. The maximum absolute atomic E-state index is 10.7. The van der Waals surface area contributed by atoms with Crippen LogP contribution in [0.5, 0.6) is 0 Å². The number of nitrogens with zero attached hydrogens (tertiary/aromatic N) is 1. The van der Waals surface area contributed by atoms with Crippen molar-refractivity contribution in [2.45, 2.75) is 12.6 Å². The van der Waals surface area contributed by atoms with Crippen molar-refractivity contribution in [3.8, 4) is 0 Å². The molecule has 0 radical (unpaired) electrons. The Balaban J connectivity index is 2.55. The molecule has 1 atom stereocenters. The first-order chi connectivity index (χ1) is 6.70. The lowest BCUT2D eigenvalue weighted by molar-refractivity contribution is -0.386. The SMILES string of the molecule is N[C@@H]1COCc2c1cccc2[N+](=O)[O-]. The van der Waals surface area contributed by atoms with Crippen LogP contribution >= 0.6 is 0 Å². The topological polar surface area (TPSA) is 78.4 Å². The highest BCUT2D eigenvalue weighted by atomic mass is 16.6. The number of nitrogens with two attached hydrogens (primary N) is 1. The van der Waals surface area contributed by atoms with Crippen molar-refractivity contribution >= 4 is 5.69 Å². The highest BCUT2D eigenvalue weighted by molar-refractivity contribution is 5.47. The highest BCUT2D eigenvalue weighted by Crippen LogP contribution is 2.30. The average molecular weight is 194 g/mol. The first kappa shape index (κ1) is 9.11. The number of nitro groups is 1. The van der Waals surface area contributed by atoms with Gasteiger partial charge in [0, 0.05) is 6.07 Å². The summed E-state index contributed by atoms with van der Waals surface area (Å²) in [7, 11) is 0. The number of rotatable bonds is 1. The molecule has 1 aromatic rings. The highest BCUT2D eigenvalue weighted by Gasteiger charge is 2.24. The summed E-state index contributed by atoms with van der Waals surface area (Å²) >= 11 is 0. The third-order valence-electron chi connectivity index (χ3n) is 2.33. The lowest BCUT2D eigenvalue weighted by Gasteiger charge is -2.21. The summed E-state index contributed by atoms with van der Waals surface area (Å²) in [6.07, 6.45) is 0. The molecular formula is C9H10N2O3. The van der Waals surface area contributed by atoms with E-state index < -0.39 is 4.92 Å². The summed E-state index contributed by atoms with van der Waals surface area (Å²) in [6, 6.07) is 4.69. The smallest absolute Gasteiger partial charge is 0.275 e. The van der Waals surface area contributed by atoms with Crippen LogP contribution in [0.3, 0.4) is 0 Å². The summed E-state index contributed by atoms with van der Waals surface area (Å²) in [5.41, 5.74) is 7.29. The van der Waals surface area contributed by atoms with Gasteiger partial charge in [-0.3, -0.25) is 10.1 Å².